The first-order chi connectivity index (χ1) is 8.35. The second-order valence-corrected chi connectivity index (χ2v) is 5.53. The molecule has 0 aliphatic carbocycles. The minimum atomic E-state index is -0.487. The van der Waals surface area contributed by atoms with E-state index in [0.717, 1.165) is 19.4 Å². The molecule has 0 saturated heterocycles. The Morgan fingerprint density at radius 3 is 2.44 bits per heavy atom. The Hall–Kier alpha value is -0.610. The van der Waals surface area contributed by atoms with Crippen LogP contribution in [-0.2, 0) is 14.3 Å². The number of aliphatic hydroxyl groups excluding tert-OH is 1. The van der Waals surface area contributed by atoms with Crippen LogP contribution in [-0.4, -0.2) is 36.0 Å². The molecule has 0 aliphatic heterocycles. The number of carbonyl (C=O) groups is 1. The number of hydrogen-bond donors (Lipinski definition) is 1. The van der Waals surface area contributed by atoms with Gasteiger partial charge in [0.2, 0.25) is 0 Å². The summed E-state index contributed by atoms with van der Waals surface area (Å²) in [5, 5.41) is 9.67. The molecule has 0 aromatic heterocycles. The van der Waals surface area contributed by atoms with Crippen molar-refractivity contribution in [2.45, 2.75) is 71.5 Å². The van der Waals surface area contributed by atoms with E-state index in [1.54, 1.807) is 0 Å². The van der Waals surface area contributed by atoms with E-state index in [0.29, 0.717) is 19.4 Å². The summed E-state index contributed by atoms with van der Waals surface area (Å²) in [4.78, 5) is 11.4. The molecule has 4 heteroatoms. The van der Waals surface area contributed by atoms with E-state index in [4.69, 9.17) is 9.47 Å². The molecule has 0 heterocycles. The molecule has 18 heavy (non-hydrogen) atoms. The molecule has 0 unspecified atom stereocenters. The molecule has 0 spiro atoms. The summed E-state index contributed by atoms with van der Waals surface area (Å²) < 4.78 is 10.5. The lowest BCUT2D eigenvalue weighted by Crippen LogP contribution is -2.24. The highest BCUT2D eigenvalue weighted by molar-refractivity contribution is 5.69. The van der Waals surface area contributed by atoms with Gasteiger partial charge in [0.1, 0.15) is 5.60 Å². The third-order valence-electron chi connectivity index (χ3n) is 2.34. The number of unbranched alkanes of at least 4 members (excludes halogenated alkanes) is 1. The lowest BCUT2D eigenvalue weighted by molar-refractivity contribution is -0.155. The summed E-state index contributed by atoms with van der Waals surface area (Å²) in [5.74, 6) is -0.256. The predicted octanol–water partition coefficient (Wildman–Crippen LogP) is 2.68. The van der Waals surface area contributed by atoms with Crippen LogP contribution in [0.5, 0.6) is 0 Å². The first-order valence-corrected chi connectivity index (χ1v) is 6.83. The van der Waals surface area contributed by atoms with Gasteiger partial charge in [-0.3, -0.25) is 4.79 Å². The lowest BCUT2D eigenvalue weighted by Gasteiger charge is -2.20. The fraction of sp³-hybridized carbons (Fsp3) is 0.929. The van der Waals surface area contributed by atoms with Crippen LogP contribution < -0.4 is 0 Å². The van der Waals surface area contributed by atoms with Gasteiger partial charge < -0.3 is 14.6 Å². The van der Waals surface area contributed by atoms with E-state index in [1.807, 2.05) is 20.8 Å². The van der Waals surface area contributed by atoms with Crippen molar-refractivity contribution in [1.29, 1.82) is 0 Å². The van der Waals surface area contributed by atoms with Crippen molar-refractivity contribution < 1.29 is 19.4 Å². The summed E-state index contributed by atoms with van der Waals surface area (Å²) >= 11 is 0. The fourth-order valence-corrected chi connectivity index (χ4v) is 1.39. The molecule has 4 nitrogen and oxygen atoms in total. The van der Waals surface area contributed by atoms with E-state index >= 15 is 0 Å². The summed E-state index contributed by atoms with van der Waals surface area (Å²) in [7, 11) is 0. The van der Waals surface area contributed by atoms with Crippen LogP contribution in [0.25, 0.3) is 0 Å². The van der Waals surface area contributed by atoms with Gasteiger partial charge in [-0.1, -0.05) is 13.3 Å². The Morgan fingerprint density at radius 2 is 1.89 bits per heavy atom. The van der Waals surface area contributed by atoms with Gasteiger partial charge in [-0.05, 0) is 40.0 Å². The van der Waals surface area contributed by atoms with Gasteiger partial charge in [0, 0.05) is 19.6 Å². The van der Waals surface area contributed by atoms with Gasteiger partial charge in [-0.15, -0.1) is 0 Å². The standard InChI is InChI=1S/C14H28O4/c1-5-6-10-17-11-9-12(15)7-8-13(16)18-14(2,3)4/h12,15H,5-11H2,1-4H3/t12-/m1/s1. The lowest BCUT2D eigenvalue weighted by atomic mass is 10.1. The molecule has 0 fully saturated rings. The molecule has 1 atom stereocenters. The molecule has 0 saturated carbocycles. The minimum absolute atomic E-state index is 0.256. The number of esters is 1. The maximum atomic E-state index is 11.4. The molecular weight excluding hydrogens is 232 g/mol. The number of hydrogen-bond acceptors (Lipinski definition) is 4. The van der Waals surface area contributed by atoms with Crippen LogP contribution >= 0.6 is 0 Å². The Kier molecular flexibility index (Phi) is 9.02. The summed E-state index contributed by atoms with van der Waals surface area (Å²) in [6, 6.07) is 0. The van der Waals surface area contributed by atoms with Crippen molar-refractivity contribution in [3.05, 3.63) is 0 Å². The summed E-state index contributed by atoms with van der Waals surface area (Å²) in [5.41, 5.74) is -0.453. The topological polar surface area (TPSA) is 55.8 Å². The molecule has 0 radical (unpaired) electrons. The molecule has 0 aromatic carbocycles. The van der Waals surface area contributed by atoms with Crippen LogP contribution in [0.15, 0.2) is 0 Å². The second kappa shape index (κ2) is 9.34. The van der Waals surface area contributed by atoms with Crippen LogP contribution in [0, 0.1) is 0 Å². The number of carbonyl (C=O) groups excluding carboxylic acids is 1. The summed E-state index contributed by atoms with van der Waals surface area (Å²) in [6.45, 7) is 8.92. The SMILES string of the molecule is CCCCOCC[C@H](O)CCC(=O)OC(C)(C)C. The van der Waals surface area contributed by atoms with E-state index < -0.39 is 11.7 Å². The minimum Gasteiger partial charge on any atom is -0.460 e. The number of rotatable bonds is 9. The van der Waals surface area contributed by atoms with E-state index in [9.17, 15) is 9.90 Å². The van der Waals surface area contributed by atoms with Crippen molar-refractivity contribution in [2.75, 3.05) is 13.2 Å². The maximum Gasteiger partial charge on any atom is 0.306 e. The van der Waals surface area contributed by atoms with Gasteiger partial charge in [0.25, 0.3) is 0 Å². The van der Waals surface area contributed by atoms with Crippen molar-refractivity contribution in [2.24, 2.45) is 0 Å². The highest BCUT2D eigenvalue weighted by Gasteiger charge is 2.17. The maximum absolute atomic E-state index is 11.4. The third kappa shape index (κ3) is 11.9. The van der Waals surface area contributed by atoms with Crippen molar-refractivity contribution in [1.82, 2.24) is 0 Å². The first-order valence-electron chi connectivity index (χ1n) is 6.83. The normalized spacial score (nSPS) is 13.4. The highest BCUT2D eigenvalue weighted by atomic mass is 16.6. The quantitative estimate of drug-likeness (QED) is 0.511. The average molecular weight is 260 g/mol. The van der Waals surface area contributed by atoms with E-state index in [-0.39, 0.29) is 12.4 Å². The average Bonchev–Trinajstić information content (AvgIpc) is 2.24. The Balaban J connectivity index is 3.52. The van der Waals surface area contributed by atoms with Gasteiger partial charge in [-0.25, -0.2) is 0 Å². The molecule has 0 bridgehead atoms. The first kappa shape index (κ1) is 17.4. The summed E-state index contributed by atoms with van der Waals surface area (Å²) in [6.07, 6.45) is 2.94. The van der Waals surface area contributed by atoms with Crippen molar-refractivity contribution >= 4 is 5.97 Å². The monoisotopic (exact) mass is 260 g/mol. The van der Waals surface area contributed by atoms with Crippen LogP contribution in [0.4, 0.5) is 0 Å². The zero-order valence-corrected chi connectivity index (χ0v) is 12.2. The smallest absolute Gasteiger partial charge is 0.306 e. The highest BCUT2D eigenvalue weighted by Crippen LogP contribution is 2.11. The third-order valence-corrected chi connectivity index (χ3v) is 2.34. The van der Waals surface area contributed by atoms with Gasteiger partial charge in [-0.2, -0.15) is 0 Å². The predicted molar refractivity (Wildman–Crippen MR) is 71.4 cm³/mol. The Morgan fingerprint density at radius 1 is 1.22 bits per heavy atom. The van der Waals surface area contributed by atoms with E-state index in [1.165, 1.54) is 0 Å². The van der Waals surface area contributed by atoms with Gasteiger partial charge in [0.05, 0.1) is 6.10 Å². The molecule has 1 N–H and O–H groups in total. The Bertz CT molecular complexity index is 220. The molecule has 0 aromatic rings. The molecule has 0 amide bonds. The van der Waals surface area contributed by atoms with Crippen molar-refractivity contribution in [3.63, 3.8) is 0 Å². The molecule has 108 valence electrons. The Labute approximate surface area is 111 Å². The zero-order valence-electron chi connectivity index (χ0n) is 12.2. The van der Waals surface area contributed by atoms with E-state index in [2.05, 4.69) is 6.92 Å². The number of ether oxygens (including phenoxy) is 2. The van der Waals surface area contributed by atoms with Gasteiger partial charge in [0.15, 0.2) is 0 Å². The van der Waals surface area contributed by atoms with Crippen molar-refractivity contribution in [3.8, 4) is 0 Å². The zero-order chi connectivity index (χ0) is 14.0. The second-order valence-electron chi connectivity index (χ2n) is 5.53. The fourth-order valence-electron chi connectivity index (χ4n) is 1.39. The van der Waals surface area contributed by atoms with Gasteiger partial charge >= 0.3 is 5.97 Å². The largest absolute Gasteiger partial charge is 0.460 e. The van der Waals surface area contributed by atoms with Crippen LogP contribution in [0.2, 0.25) is 0 Å². The van der Waals surface area contributed by atoms with Crippen LogP contribution in [0.3, 0.4) is 0 Å². The van der Waals surface area contributed by atoms with Crippen LogP contribution in [0.1, 0.15) is 59.8 Å². The number of aliphatic hydroxyl groups is 1. The molecule has 0 aliphatic rings. The molecular formula is C14H28O4. The molecule has 0 rings (SSSR count).